The van der Waals surface area contributed by atoms with E-state index in [2.05, 4.69) is 5.32 Å². The third kappa shape index (κ3) is 2.39. The average molecular weight is 233 g/mol. The van der Waals surface area contributed by atoms with E-state index in [4.69, 9.17) is 4.42 Å². The third-order valence-corrected chi connectivity index (χ3v) is 2.80. The molecule has 0 saturated heterocycles. The Hall–Kier alpha value is -1.61. The maximum atomic E-state index is 13.8. The van der Waals surface area contributed by atoms with Crippen LogP contribution in [0.1, 0.15) is 28.7 Å². The summed E-state index contributed by atoms with van der Waals surface area (Å²) in [7, 11) is 1.80. The first-order valence-corrected chi connectivity index (χ1v) is 5.61. The quantitative estimate of drug-likeness (QED) is 0.879. The molecule has 1 aromatic heterocycles. The van der Waals surface area contributed by atoms with Gasteiger partial charge in [-0.15, -0.1) is 0 Å². The summed E-state index contributed by atoms with van der Waals surface area (Å²) >= 11 is 0. The Morgan fingerprint density at radius 1 is 1.18 bits per heavy atom. The first kappa shape index (κ1) is 11.9. The van der Waals surface area contributed by atoms with Crippen molar-refractivity contribution in [1.82, 2.24) is 5.32 Å². The number of halogens is 1. The molecule has 0 radical (unpaired) electrons. The maximum absolute atomic E-state index is 13.8. The molecule has 2 rings (SSSR count). The molecule has 90 valence electrons. The molecular weight excluding hydrogens is 217 g/mol. The molecule has 1 aromatic carbocycles. The Balaban J connectivity index is 2.45. The van der Waals surface area contributed by atoms with Gasteiger partial charge in [0.05, 0.1) is 6.04 Å². The van der Waals surface area contributed by atoms with E-state index in [1.807, 2.05) is 32.0 Å². The smallest absolute Gasteiger partial charge is 0.128 e. The van der Waals surface area contributed by atoms with E-state index in [0.717, 1.165) is 17.1 Å². The Morgan fingerprint density at radius 2 is 1.94 bits per heavy atom. The van der Waals surface area contributed by atoms with E-state index in [1.54, 1.807) is 13.1 Å². The molecule has 0 aliphatic heterocycles. The summed E-state index contributed by atoms with van der Waals surface area (Å²) in [6.07, 6.45) is 0. The highest BCUT2D eigenvalue weighted by atomic mass is 19.1. The lowest BCUT2D eigenvalue weighted by Gasteiger charge is -2.15. The molecule has 1 atom stereocenters. The molecule has 1 unspecified atom stereocenters. The van der Waals surface area contributed by atoms with Gasteiger partial charge < -0.3 is 9.73 Å². The monoisotopic (exact) mass is 233 g/mol. The zero-order valence-corrected chi connectivity index (χ0v) is 10.3. The van der Waals surface area contributed by atoms with E-state index in [-0.39, 0.29) is 11.9 Å². The van der Waals surface area contributed by atoms with Gasteiger partial charge in [-0.1, -0.05) is 17.7 Å². The largest absolute Gasteiger partial charge is 0.464 e. The van der Waals surface area contributed by atoms with E-state index in [9.17, 15) is 4.39 Å². The lowest BCUT2D eigenvalue weighted by atomic mass is 10.0. The van der Waals surface area contributed by atoms with Gasteiger partial charge in [-0.2, -0.15) is 0 Å². The first-order valence-electron chi connectivity index (χ1n) is 5.61. The lowest BCUT2D eigenvalue weighted by Crippen LogP contribution is -2.18. The van der Waals surface area contributed by atoms with Crippen molar-refractivity contribution >= 4 is 0 Å². The van der Waals surface area contributed by atoms with Crippen LogP contribution in [-0.2, 0) is 0 Å². The van der Waals surface area contributed by atoms with E-state index in [0.29, 0.717) is 5.56 Å². The van der Waals surface area contributed by atoms with Gasteiger partial charge in [-0.05, 0) is 39.1 Å². The summed E-state index contributed by atoms with van der Waals surface area (Å²) in [5, 5.41) is 3.08. The van der Waals surface area contributed by atoms with Crippen molar-refractivity contribution in [3.63, 3.8) is 0 Å². The Bertz CT molecular complexity index is 519. The van der Waals surface area contributed by atoms with Crippen molar-refractivity contribution in [2.75, 3.05) is 7.05 Å². The van der Waals surface area contributed by atoms with Crippen molar-refractivity contribution < 1.29 is 8.81 Å². The second-order valence-corrected chi connectivity index (χ2v) is 4.20. The predicted molar refractivity (Wildman–Crippen MR) is 65.5 cm³/mol. The fourth-order valence-corrected chi connectivity index (χ4v) is 1.94. The molecule has 2 aromatic rings. The predicted octanol–water partition coefficient (Wildman–Crippen LogP) is 3.34. The van der Waals surface area contributed by atoms with Crippen molar-refractivity contribution in [3.05, 3.63) is 58.8 Å². The zero-order valence-electron chi connectivity index (χ0n) is 10.3. The summed E-state index contributed by atoms with van der Waals surface area (Å²) in [5.74, 6) is 1.34. The van der Waals surface area contributed by atoms with Gasteiger partial charge in [0.15, 0.2) is 0 Å². The topological polar surface area (TPSA) is 25.2 Å². The van der Waals surface area contributed by atoms with Gasteiger partial charge >= 0.3 is 0 Å². The minimum Gasteiger partial charge on any atom is -0.464 e. The number of hydrogen-bond donors (Lipinski definition) is 1. The number of benzene rings is 1. The van der Waals surface area contributed by atoms with Crippen molar-refractivity contribution in [1.29, 1.82) is 0 Å². The number of furan rings is 1. The second-order valence-electron chi connectivity index (χ2n) is 4.20. The highest BCUT2D eigenvalue weighted by Gasteiger charge is 2.19. The van der Waals surface area contributed by atoms with Gasteiger partial charge in [0.2, 0.25) is 0 Å². The van der Waals surface area contributed by atoms with Gasteiger partial charge in [0.25, 0.3) is 0 Å². The fraction of sp³-hybridized carbons (Fsp3) is 0.286. The number of rotatable bonds is 3. The first-order chi connectivity index (χ1) is 8.11. The Labute approximate surface area is 100 Å². The normalized spacial score (nSPS) is 12.7. The lowest BCUT2D eigenvalue weighted by molar-refractivity contribution is 0.436. The van der Waals surface area contributed by atoms with Crippen LogP contribution in [0.25, 0.3) is 0 Å². The van der Waals surface area contributed by atoms with Crippen molar-refractivity contribution in [3.8, 4) is 0 Å². The van der Waals surface area contributed by atoms with Crippen LogP contribution in [-0.4, -0.2) is 7.05 Å². The number of hydrogen-bond acceptors (Lipinski definition) is 2. The van der Waals surface area contributed by atoms with E-state index < -0.39 is 0 Å². The molecule has 0 amide bonds. The summed E-state index contributed by atoms with van der Waals surface area (Å²) in [4.78, 5) is 0. The van der Waals surface area contributed by atoms with Gasteiger partial charge in [-0.25, -0.2) is 4.39 Å². The zero-order chi connectivity index (χ0) is 12.4. The van der Waals surface area contributed by atoms with Gasteiger partial charge in [-0.3, -0.25) is 0 Å². The van der Waals surface area contributed by atoms with E-state index >= 15 is 0 Å². The molecule has 2 nitrogen and oxygen atoms in total. The third-order valence-electron chi connectivity index (χ3n) is 2.80. The van der Waals surface area contributed by atoms with Crippen molar-refractivity contribution in [2.24, 2.45) is 0 Å². The summed E-state index contributed by atoms with van der Waals surface area (Å²) in [6, 6.07) is 8.60. The average Bonchev–Trinajstić information content (AvgIpc) is 2.71. The molecule has 3 heteroatoms. The highest BCUT2D eigenvalue weighted by molar-refractivity contribution is 5.32. The molecule has 0 saturated carbocycles. The summed E-state index contributed by atoms with van der Waals surface area (Å²) in [5.41, 5.74) is 1.65. The molecule has 1 heterocycles. The van der Waals surface area contributed by atoms with Crippen LogP contribution in [0.3, 0.4) is 0 Å². The van der Waals surface area contributed by atoms with Crippen molar-refractivity contribution in [2.45, 2.75) is 19.9 Å². The minimum absolute atomic E-state index is 0.219. The van der Waals surface area contributed by atoms with Crippen LogP contribution in [0.2, 0.25) is 0 Å². The minimum atomic E-state index is -0.247. The molecule has 17 heavy (non-hydrogen) atoms. The maximum Gasteiger partial charge on any atom is 0.128 e. The van der Waals surface area contributed by atoms with Crippen LogP contribution in [0.4, 0.5) is 4.39 Å². The van der Waals surface area contributed by atoms with Crippen LogP contribution in [0, 0.1) is 19.7 Å². The molecule has 0 aliphatic rings. The van der Waals surface area contributed by atoms with Crippen LogP contribution < -0.4 is 5.32 Å². The number of nitrogens with one attached hydrogen (secondary N) is 1. The number of aryl methyl sites for hydroxylation is 2. The molecule has 0 aliphatic carbocycles. The highest BCUT2D eigenvalue weighted by Crippen LogP contribution is 2.26. The SMILES string of the molecule is CNC(c1ccc(C)o1)c1cc(C)ccc1F. The van der Waals surface area contributed by atoms with Gasteiger partial charge in [0, 0.05) is 5.56 Å². The van der Waals surface area contributed by atoms with Gasteiger partial charge in [0.1, 0.15) is 17.3 Å². The van der Waals surface area contributed by atoms with Crippen LogP contribution in [0.5, 0.6) is 0 Å². The van der Waals surface area contributed by atoms with E-state index in [1.165, 1.54) is 6.07 Å². The molecule has 1 N–H and O–H groups in total. The second kappa shape index (κ2) is 4.72. The summed E-state index contributed by atoms with van der Waals surface area (Å²) in [6.45, 7) is 3.83. The Kier molecular flexibility index (Phi) is 3.29. The molecule has 0 spiro atoms. The fourth-order valence-electron chi connectivity index (χ4n) is 1.94. The Morgan fingerprint density at radius 3 is 2.53 bits per heavy atom. The van der Waals surface area contributed by atoms with Crippen LogP contribution in [0.15, 0.2) is 34.7 Å². The standard InChI is InChI=1S/C14H16FNO/c1-9-4-6-12(15)11(8-9)14(16-3)13-7-5-10(2)17-13/h4-8,14,16H,1-3H3. The molecular formula is C14H16FNO. The summed E-state index contributed by atoms with van der Waals surface area (Å²) < 4.78 is 19.4. The van der Waals surface area contributed by atoms with Crippen LogP contribution >= 0.6 is 0 Å². The molecule has 0 fully saturated rings. The molecule has 0 bridgehead atoms.